The zero-order chi connectivity index (χ0) is 12.5. The molecule has 0 saturated carbocycles. The maximum atomic E-state index is 12.0. The van der Waals surface area contributed by atoms with Gasteiger partial charge in [0.2, 0.25) is 0 Å². The van der Waals surface area contributed by atoms with E-state index < -0.39 is 0 Å². The van der Waals surface area contributed by atoms with Crippen molar-refractivity contribution in [3.63, 3.8) is 0 Å². The predicted molar refractivity (Wildman–Crippen MR) is 71.0 cm³/mol. The molecule has 90 valence electrons. The van der Waals surface area contributed by atoms with Crippen LogP contribution in [-0.4, -0.2) is 15.8 Å². The third-order valence-corrected chi connectivity index (χ3v) is 3.24. The number of aryl methyl sites for hydroxylation is 1. The second-order valence-corrected chi connectivity index (χ2v) is 4.45. The quantitative estimate of drug-likeness (QED) is 0.817. The molecule has 18 heavy (non-hydrogen) atoms. The van der Waals surface area contributed by atoms with Gasteiger partial charge < -0.3 is 4.98 Å². The first-order valence-corrected chi connectivity index (χ1v) is 6.15. The molecule has 2 aromatic rings. The summed E-state index contributed by atoms with van der Waals surface area (Å²) in [6.45, 7) is 2.05. The Kier molecular flexibility index (Phi) is 2.59. The second-order valence-electron chi connectivity index (χ2n) is 4.45. The first-order valence-electron chi connectivity index (χ1n) is 6.15. The molecule has 3 rings (SSSR count). The minimum absolute atomic E-state index is 0.184. The number of carbonyl (C=O) groups excluding carboxylic acids is 1. The van der Waals surface area contributed by atoms with Gasteiger partial charge in [-0.3, -0.25) is 4.79 Å². The summed E-state index contributed by atoms with van der Waals surface area (Å²) >= 11 is 0. The standard InChI is InChI=1S/C15H14N2O/c1-2-15-16-9-11(17-15)8-13-12-6-4-3-5-10(12)7-14(13)18/h3-6,8-9H,2,7H2,1H3,(H,16,17)/b13-8-. The van der Waals surface area contributed by atoms with E-state index in [1.807, 2.05) is 37.3 Å². The fourth-order valence-electron chi connectivity index (χ4n) is 2.30. The summed E-state index contributed by atoms with van der Waals surface area (Å²) < 4.78 is 0. The van der Waals surface area contributed by atoms with E-state index in [4.69, 9.17) is 0 Å². The van der Waals surface area contributed by atoms with E-state index in [0.717, 1.165) is 34.6 Å². The van der Waals surface area contributed by atoms with Gasteiger partial charge in [-0.25, -0.2) is 4.98 Å². The van der Waals surface area contributed by atoms with Crippen molar-refractivity contribution in [3.8, 4) is 0 Å². The number of aromatic amines is 1. The van der Waals surface area contributed by atoms with Gasteiger partial charge in [-0.15, -0.1) is 0 Å². The molecule has 0 atom stereocenters. The van der Waals surface area contributed by atoms with Crippen LogP contribution in [-0.2, 0) is 17.6 Å². The van der Waals surface area contributed by atoms with Crippen molar-refractivity contribution in [2.75, 3.05) is 0 Å². The fourth-order valence-corrected chi connectivity index (χ4v) is 2.30. The highest BCUT2D eigenvalue weighted by Crippen LogP contribution is 2.30. The maximum Gasteiger partial charge on any atom is 0.167 e. The Morgan fingerprint density at radius 3 is 3.00 bits per heavy atom. The SMILES string of the molecule is CCc1ncc(/C=C2\C(=O)Cc3ccccc32)[nH]1. The minimum Gasteiger partial charge on any atom is -0.342 e. The van der Waals surface area contributed by atoms with Gasteiger partial charge in [0.25, 0.3) is 0 Å². The van der Waals surface area contributed by atoms with Crippen molar-refractivity contribution in [1.82, 2.24) is 9.97 Å². The Morgan fingerprint density at radius 2 is 2.22 bits per heavy atom. The molecule has 0 fully saturated rings. The Hall–Kier alpha value is -2.16. The molecule has 1 N–H and O–H groups in total. The van der Waals surface area contributed by atoms with Gasteiger partial charge in [-0.05, 0) is 17.2 Å². The van der Waals surface area contributed by atoms with Gasteiger partial charge in [0.15, 0.2) is 5.78 Å². The number of benzene rings is 1. The average molecular weight is 238 g/mol. The van der Waals surface area contributed by atoms with Crippen LogP contribution >= 0.6 is 0 Å². The Balaban J connectivity index is 2.04. The molecule has 0 saturated heterocycles. The number of ketones is 1. The highest BCUT2D eigenvalue weighted by atomic mass is 16.1. The van der Waals surface area contributed by atoms with Crippen LogP contribution < -0.4 is 0 Å². The monoisotopic (exact) mass is 238 g/mol. The number of nitrogens with one attached hydrogen (secondary N) is 1. The number of hydrogen-bond donors (Lipinski definition) is 1. The molecule has 1 aromatic carbocycles. The van der Waals surface area contributed by atoms with E-state index >= 15 is 0 Å². The molecule has 0 radical (unpaired) electrons. The highest BCUT2D eigenvalue weighted by molar-refractivity contribution is 6.29. The summed E-state index contributed by atoms with van der Waals surface area (Å²) in [6.07, 6.45) is 5.06. The zero-order valence-electron chi connectivity index (χ0n) is 10.2. The molecule has 0 spiro atoms. The van der Waals surface area contributed by atoms with Gasteiger partial charge in [0, 0.05) is 18.4 Å². The van der Waals surface area contributed by atoms with Crippen LogP contribution in [0.25, 0.3) is 11.6 Å². The minimum atomic E-state index is 0.184. The topological polar surface area (TPSA) is 45.8 Å². The molecule has 1 aliphatic rings. The first-order chi connectivity index (χ1) is 8.78. The lowest BCUT2D eigenvalue weighted by Crippen LogP contribution is -1.93. The highest BCUT2D eigenvalue weighted by Gasteiger charge is 2.23. The van der Waals surface area contributed by atoms with Crippen molar-refractivity contribution in [3.05, 3.63) is 53.1 Å². The molecule has 1 aromatic heterocycles. The van der Waals surface area contributed by atoms with Crippen LogP contribution in [0.15, 0.2) is 30.5 Å². The molecule has 0 amide bonds. The summed E-state index contributed by atoms with van der Waals surface area (Å²) in [4.78, 5) is 19.5. The van der Waals surface area contributed by atoms with Gasteiger partial charge >= 0.3 is 0 Å². The van der Waals surface area contributed by atoms with Crippen molar-refractivity contribution in [1.29, 1.82) is 0 Å². The molecule has 0 aliphatic heterocycles. The second kappa shape index (κ2) is 4.26. The van der Waals surface area contributed by atoms with Crippen LogP contribution in [0.3, 0.4) is 0 Å². The third-order valence-electron chi connectivity index (χ3n) is 3.24. The lowest BCUT2D eigenvalue weighted by atomic mass is 10.1. The Labute approximate surface area is 106 Å². The number of hydrogen-bond acceptors (Lipinski definition) is 2. The normalized spacial score (nSPS) is 16.3. The lowest BCUT2D eigenvalue weighted by molar-refractivity contribution is -0.112. The van der Waals surface area contributed by atoms with E-state index in [1.54, 1.807) is 6.20 Å². The number of carbonyl (C=O) groups is 1. The van der Waals surface area contributed by atoms with Crippen LogP contribution in [0.4, 0.5) is 0 Å². The van der Waals surface area contributed by atoms with Crippen molar-refractivity contribution < 1.29 is 4.79 Å². The summed E-state index contributed by atoms with van der Waals surface area (Å²) in [7, 11) is 0. The number of imidazole rings is 1. The van der Waals surface area contributed by atoms with Crippen molar-refractivity contribution >= 4 is 17.4 Å². The van der Waals surface area contributed by atoms with Crippen LogP contribution in [0, 0.1) is 0 Å². The van der Waals surface area contributed by atoms with Crippen molar-refractivity contribution in [2.24, 2.45) is 0 Å². The molecule has 3 heteroatoms. The number of rotatable bonds is 2. The summed E-state index contributed by atoms with van der Waals surface area (Å²) in [5.74, 6) is 1.13. The fraction of sp³-hybridized carbons (Fsp3) is 0.200. The van der Waals surface area contributed by atoms with E-state index in [-0.39, 0.29) is 5.78 Å². The van der Waals surface area contributed by atoms with Gasteiger partial charge in [0.05, 0.1) is 11.9 Å². The number of aromatic nitrogens is 2. The van der Waals surface area contributed by atoms with Gasteiger partial charge in [0.1, 0.15) is 5.82 Å². The lowest BCUT2D eigenvalue weighted by Gasteiger charge is -1.98. The number of H-pyrrole nitrogens is 1. The molecular formula is C15H14N2O. The zero-order valence-corrected chi connectivity index (χ0v) is 10.2. The summed E-state index contributed by atoms with van der Waals surface area (Å²) in [5, 5.41) is 0. The first kappa shape index (κ1) is 11.0. The molecular weight excluding hydrogens is 224 g/mol. The van der Waals surface area contributed by atoms with Gasteiger partial charge in [-0.1, -0.05) is 31.2 Å². The number of allylic oxidation sites excluding steroid dienone is 1. The molecule has 1 heterocycles. The maximum absolute atomic E-state index is 12.0. The number of Topliss-reactive ketones (excluding diaryl/α,β-unsaturated/α-hetero) is 1. The Bertz CT molecular complexity index is 637. The summed E-state index contributed by atoms with van der Waals surface area (Å²) in [5.41, 5.74) is 3.85. The molecule has 3 nitrogen and oxygen atoms in total. The smallest absolute Gasteiger partial charge is 0.167 e. The van der Waals surface area contributed by atoms with Crippen molar-refractivity contribution in [2.45, 2.75) is 19.8 Å². The van der Waals surface area contributed by atoms with E-state index in [9.17, 15) is 4.79 Å². The third kappa shape index (κ3) is 1.78. The van der Waals surface area contributed by atoms with Crippen LogP contribution in [0.1, 0.15) is 29.6 Å². The molecule has 1 aliphatic carbocycles. The van der Waals surface area contributed by atoms with E-state index in [0.29, 0.717) is 6.42 Å². The van der Waals surface area contributed by atoms with Crippen LogP contribution in [0.5, 0.6) is 0 Å². The summed E-state index contributed by atoms with van der Waals surface area (Å²) in [6, 6.07) is 7.96. The average Bonchev–Trinajstić information content (AvgIpc) is 2.96. The van der Waals surface area contributed by atoms with E-state index in [1.165, 1.54) is 0 Å². The van der Waals surface area contributed by atoms with Gasteiger partial charge in [-0.2, -0.15) is 0 Å². The van der Waals surface area contributed by atoms with E-state index in [2.05, 4.69) is 9.97 Å². The molecule has 0 unspecified atom stereocenters. The molecule has 0 bridgehead atoms. The predicted octanol–water partition coefficient (Wildman–Crippen LogP) is 2.64. The number of nitrogens with zero attached hydrogens (tertiary/aromatic N) is 1. The Morgan fingerprint density at radius 1 is 1.39 bits per heavy atom. The van der Waals surface area contributed by atoms with Crippen LogP contribution in [0.2, 0.25) is 0 Å². The number of fused-ring (bicyclic) bond motifs is 1. The largest absolute Gasteiger partial charge is 0.342 e.